The number of nitrogens with one attached hydrogen (secondary N) is 4. The van der Waals surface area contributed by atoms with Gasteiger partial charge >= 0.3 is 5.97 Å². The number of aliphatic carboxylic acids is 1. The van der Waals surface area contributed by atoms with Crippen molar-refractivity contribution < 1.29 is 28.7 Å². The van der Waals surface area contributed by atoms with E-state index in [0.29, 0.717) is 11.3 Å². The molecule has 1 aromatic heterocycles. The third-order valence-electron chi connectivity index (χ3n) is 5.45. The van der Waals surface area contributed by atoms with Crippen LogP contribution in [-0.2, 0) is 20.9 Å². The van der Waals surface area contributed by atoms with Gasteiger partial charge in [-0.1, -0.05) is 23.2 Å². The highest BCUT2D eigenvalue weighted by molar-refractivity contribution is 6.39. The molecule has 36 heavy (non-hydrogen) atoms. The van der Waals surface area contributed by atoms with E-state index < -0.39 is 17.9 Å². The van der Waals surface area contributed by atoms with E-state index in [0.717, 1.165) is 19.4 Å². The molecule has 1 fully saturated rings. The van der Waals surface area contributed by atoms with Crippen LogP contribution in [0.4, 0.5) is 0 Å². The molecule has 2 heterocycles. The monoisotopic (exact) mass is 536 g/mol. The van der Waals surface area contributed by atoms with E-state index in [1.165, 1.54) is 30.5 Å². The van der Waals surface area contributed by atoms with Crippen LogP contribution in [0.15, 0.2) is 41.0 Å². The summed E-state index contributed by atoms with van der Waals surface area (Å²) in [6.07, 6.45) is 5.92. The molecular weight excluding hydrogens is 511 g/mol. The van der Waals surface area contributed by atoms with E-state index in [9.17, 15) is 24.3 Å². The summed E-state index contributed by atoms with van der Waals surface area (Å²) in [6.45, 7) is 0.931. The summed E-state index contributed by atoms with van der Waals surface area (Å²) in [7, 11) is 0. The molecule has 5 N–H and O–H groups in total. The Kier molecular flexibility index (Phi) is 9.92. The van der Waals surface area contributed by atoms with Crippen molar-refractivity contribution >= 4 is 53.0 Å². The quantitative estimate of drug-likeness (QED) is 0.276. The van der Waals surface area contributed by atoms with Crippen LogP contribution in [0.25, 0.3) is 6.08 Å². The topological polar surface area (TPSA) is 150 Å². The van der Waals surface area contributed by atoms with E-state index in [1.54, 1.807) is 12.1 Å². The Morgan fingerprint density at radius 3 is 2.56 bits per heavy atom. The molecule has 0 spiro atoms. The number of carbonyl (C=O) groups is 4. The first-order chi connectivity index (χ1) is 17.2. The zero-order chi connectivity index (χ0) is 26.1. The van der Waals surface area contributed by atoms with Gasteiger partial charge in [0, 0.05) is 19.2 Å². The lowest BCUT2D eigenvalue weighted by molar-refractivity contribution is -0.139. The molecule has 1 aliphatic heterocycles. The van der Waals surface area contributed by atoms with Gasteiger partial charge in [0.1, 0.15) is 11.8 Å². The SMILES string of the molecule is O=C(/C=C/c1ccco1)NCc1cc(Cl)c(C(=O)N[C@@H](CCNC(=O)[C@@H]2CCCN2)C(=O)O)c(Cl)c1. The summed E-state index contributed by atoms with van der Waals surface area (Å²) in [6, 6.07) is 4.78. The second-order valence-corrected chi connectivity index (χ2v) is 8.91. The van der Waals surface area contributed by atoms with Crippen LogP contribution in [0, 0.1) is 0 Å². The minimum absolute atomic E-state index is 0.000117. The zero-order valence-electron chi connectivity index (χ0n) is 19.2. The number of amides is 3. The van der Waals surface area contributed by atoms with Crippen molar-refractivity contribution in [2.45, 2.75) is 37.9 Å². The minimum Gasteiger partial charge on any atom is -0.480 e. The first-order valence-electron chi connectivity index (χ1n) is 11.3. The van der Waals surface area contributed by atoms with Crippen LogP contribution in [0.2, 0.25) is 10.0 Å². The van der Waals surface area contributed by atoms with Crippen molar-refractivity contribution in [1.29, 1.82) is 0 Å². The average molecular weight is 537 g/mol. The minimum atomic E-state index is -1.26. The standard InChI is InChI=1S/C24H26Cl2N4O6/c25-16-11-14(13-29-20(31)6-5-15-3-2-10-36-15)12-17(26)21(16)23(33)30-19(24(34)35)7-9-28-22(32)18-4-1-8-27-18/h2-3,5-6,10-12,18-19,27H,1,4,7-9,13H2,(H,28,32)(H,29,31)(H,30,33)(H,34,35)/b6-5+/t18-,19-/m0/s1. The Hall–Kier alpha value is -3.34. The molecule has 0 saturated carbocycles. The van der Waals surface area contributed by atoms with Gasteiger partial charge in [-0.25, -0.2) is 4.79 Å². The summed E-state index contributed by atoms with van der Waals surface area (Å²) < 4.78 is 5.11. The van der Waals surface area contributed by atoms with Crippen LogP contribution in [-0.4, -0.2) is 54.0 Å². The van der Waals surface area contributed by atoms with Crippen molar-refractivity contribution in [3.8, 4) is 0 Å². The average Bonchev–Trinajstić information content (AvgIpc) is 3.54. The zero-order valence-corrected chi connectivity index (χ0v) is 20.7. The third kappa shape index (κ3) is 7.84. The van der Waals surface area contributed by atoms with Crippen LogP contribution in [0.1, 0.15) is 40.9 Å². The summed E-state index contributed by atoms with van der Waals surface area (Å²) in [5.74, 6) is -2.07. The van der Waals surface area contributed by atoms with E-state index >= 15 is 0 Å². The van der Waals surface area contributed by atoms with Gasteiger partial charge in [-0.15, -0.1) is 0 Å². The van der Waals surface area contributed by atoms with Gasteiger partial charge in [-0.05, 0) is 61.7 Å². The van der Waals surface area contributed by atoms with Gasteiger partial charge in [0.15, 0.2) is 0 Å². The second kappa shape index (κ2) is 13.1. The Labute approximate surface area is 217 Å². The van der Waals surface area contributed by atoms with Gasteiger partial charge in [-0.3, -0.25) is 14.4 Å². The molecule has 0 unspecified atom stereocenters. The molecule has 2 aromatic rings. The molecule has 1 aliphatic rings. The predicted molar refractivity (Wildman–Crippen MR) is 134 cm³/mol. The fourth-order valence-corrected chi connectivity index (χ4v) is 4.30. The highest BCUT2D eigenvalue weighted by atomic mass is 35.5. The summed E-state index contributed by atoms with van der Waals surface area (Å²) in [5, 5.41) is 20.3. The number of rotatable bonds is 11. The van der Waals surface area contributed by atoms with Crippen molar-refractivity contribution in [2.24, 2.45) is 0 Å². The van der Waals surface area contributed by atoms with Crippen molar-refractivity contribution in [3.63, 3.8) is 0 Å². The maximum absolute atomic E-state index is 12.8. The van der Waals surface area contributed by atoms with Crippen LogP contribution >= 0.6 is 23.2 Å². The largest absolute Gasteiger partial charge is 0.480 e. The molecule has 1 aromatic carbocycles. The number of hydrogen-bond donors (Lipinski definition) is 5. The fourth-order valence-electron chi connectivity index (χ4n) is 3.60. The molecule has 3 rings (SSSR count). The number of carboxylic acid groups (broad SMARTS) is 1. The van der Waals surface area contributed by atoms with Crippen LogP contribution in [0.3, 0.4) is 0 Å². The molecule has 3 amide bonds. The highest BCUT2D eigenvalue weighted by Crippen LogP contribution is 2.27. The first-order valence-corrected chi connectivity index (χ1v) is 12.0. The lowest BCUT2D eigenvalue weighted by Crippen LogP contribution is -2.45. The van der Waals surface area contributed by atoms with Crippen molar-refractivity contribution in [1.82, 2.24) is 21.3 Å². The lowest BCUT2D eigenvalue weighted by atomic mass is 10.1. The number of carboxylic acids is 1. The van der Waals surface area contributed by atoms with Gasteiger partial charge in [0.05, 0.1) is 27.9 Å². The Balaban J connectivity index is 1.54. The van der Waals surface area contributed by atoms with E-state index in [4.69, 9.17) is 27.6 Å². The van der Waals surface area contributed by atoms with Crippen molar-refractivity contribution in [3.05, 3.63) is 63.5 Å². The van der Waals surface area contributed by atoms with E-state index in [1.807, 2.05) is 0 Å². The Morgan fingerprint density at radius 2 is 1.94 bits per heavy atom. The molecular formula is C24H26Cl2N4O6. The van der Waals surface area contributed by atoms with Gasteiger partial charge in [0.25, 0.3) is 5.91 Å². The summed E-state index contributed by atoms with van der Waals surface area (Å²) >= 11 is 12.5. The van der Waals surface area contributed by atoms with E-state index in [2.05, 4.69) is 21.3 Å². The van der Waals surface area contributed by atoms with Crippen molar-refractivity contribution in [2.75, 3.05) is 13.1 Å². The molecule has 0 aliphatic carbocycles. The second-order valence-electron chi connectivity index (χ2n) is 8.09. The number of carbonyl (C=O) groups excluding carboxylic acids is 3. The highest BCUT2D eigenvalue weighted by Gasteiger charge is 2.25. The smallest absolute Gasteiger partial charge is 0.326 e. The Bertz CT molecular complexity index is 1110. The molecule has 10 nitrogen and oxygen atoms in total. The molecule has 192 valence electrons. The normalized spacial score (nSPS) is 16.0. The summed E-state index contributed by atoms with van der Waals surface area (Å²) in [5.41, 5.74) is 0.455. The molecule has 1 saturated heterocycles. The molecule has 0 radical (unpaired) electrons. The number of halogens is 2. The fraction of sp³-hybridized carbons (Fsp3) is 0.333. The van der Waals surface area contributed by atoms with Crippen LogP contribution < -0.4 is 21.3 Å². The molecule has 12 heteroatoms. The number of furan rings is 1. The van der Waals surface area contributed by atoms with Gasteiger partial charge in [0.2, 0.25) is 11.8 Å². The van der Waals surface area contributed by atoms with Gasteiger partial charge < -0.3 is 30.8 Å². The number of hydrogen-bond acceptors (Lipinski definition) is 6. The molecule has 2 atom stereocenters. The molecule has 0 bridgehead atoms. The third-order valence-corrected chi connectivity index (χ3v) is 6.05. The number of benzene rings is 1. The first kappa shape index (κ1) is 27.3. The van der Waals surface area contributed by atoms with Crippen LogP contribution in [0.5, 0.6) is 0 Å². The predicted octanol–water partition coefficient (Wildman–Crippen LogP) is 2.36. The maximum Gasteiger partial charge on any atom is 0.326 e. The van der Waals surface area contributed by atoms with Gasteiger partial charge in [-0.2, -0.15) is 0 Å². The lowest BCUT2D eigenvalue weighted by Gasteiger charge is -2.17. The summed E-state index contributed by atoms with van der Waals surface area (Å²) in [4.78, 5) is 48.5. The Morgan fingerprint density at radius 1 is 1.19 bits per heavy atom. The maximum atomic E-state index is 12.8. The van der Waals surface area contributed by atoms with E-state index in [-0.39, 0.29) is 53.0 Å².